The Labute approximate surface area is 191 Å². The lowest BCUT2D eigenvalue weighted by Gasteiger charge is -2.27. The Kier molecular flexibility index (Phi) is 8.27. The van der Waals surface area contributed by atoms with E-state index in [1.165, 1.54) is 23.1 Å². The van der Waals surface area contributed by atoms with Crippen LogP contribution in [0.25, 0.3) is 0 Å². The molecule has 6 nitrogen and oxygen atoms in total. The first-order valence-electron chi connectivity index (χ1n) is 10.3. The maximum absolute atomic E-state index is 13.4. The van der Waals surface area contributed by atoms with E-state index in [0.29, 0.717) is 31.0 Å². The molecular weight excluding hydrogens is 433 g/mol. The van der Waals surface area contributed by atoms with Gasteiger partial charge in [0, 0.05) is 18.8 Å². The van der Waals surface area contributed by atoms with E-state index in [-0.39, 0.29) is 24.0 Å². The van der Waals surface area contributed by atoms with Gasteiger partial charge in [-0.15, -0.1) is 0 Å². The topological polar surface area (TPSA) is 65.8 Å². The molecule has 0 unspecified atom stereocenters. The van der Waals surface area contributed by atoms with Crippen molar-refractivity contribution in [1.29, 1.82) is 0 Å². The molecule has 8 heteroatoms. The average molecular weight is 458 g/mol. The zero-order valence-corrected chi connectivity index (χ0v) is 18.5. The van der Waals surface area contributed by atoms with Gasteiger partial charge < -0.3 is 19.5 Å². The highest BCUT2D eigenvalue weighted by Gasteiger charge is 2.22. The summed E-state index contributed by atoms with van der Waals surface area (Å²) in [5.74, 6) is -0.132. The molecule has 0 atom stereocenters. The van der Waals surface area contributed by atoms with Crippen molar-refractivity contribution in [2.75, 3.05) is 18.4 Å². The molecule has 32 heavy (non-hydrogen) atoms. The van der Waals surface area contributed by atoms with Gasteiger partial charge in [0.25, 0.3) is 0 Å². The SMILES string of the molecule is CCCN(CC(=O)N(Cc1ccccc1)Cc1ccco1)C(=O)Nc1ccc(F)c(Cl)c1. The third-order valence-corrected chi connectivity index (χ3v) is 5.06. The Hall–Kier alpha value is -3.32. The molecule has 168 valence electrons. The summed E-state index contributed by atoms with van der Waals surface area (Å²) in [6.45, 7) is 2.87. The summed E-state index contributed by atoms with van der Waals surface area (Å²) in [7, 11) is 0. The van der Waals surface area contributed by atoms with Gasteiger partial charge >= 0.3 is 6.03 Å². The number of anilines is 1. The van der Waals surface area contributed by atoms with Crippen LogP contribution >= 0.6 is 11.6 Å². The fraction of sp³-hybridized carbons (Fsp3) is 0.250. The fourth-order valence-electron chi connectivity index (χ4n) is 3.19. The van der Waals surface area contributed by atoms with Crippen LogP contribution in [0, 0.1) is 5.82 Å². The van der Waals surface area contributed by atoms with E-state index in [0.717, 1.165) is 5.56 Å². The quantitative estimate of drug-likeness (QED) is 0.458. The fourth-order valence-corrected chi connectivity index (χ4v) is 3.37. The van der Waals surface area contributed by atoms with Crippen LogP contribution in [-0.2, 0) is 17.9 Å². The Bertz CT molecular complexity index is 1030. The molecule has 0 fully saturated rings. The second-order valence-corrected chi connectivity index (χ2v) is 7.70. The summed E-state index contributed by atoms with van der Waals surface area (Å²) in [5, 5.41) is 2.59. The molecule has 3 amide bonds. The summed E-state index contributed by atoms with van der Waals surface area (Å²) in [4.78, 5) is 29.1. The van der Waals surface area contributed by atoms with Crippen LogP contribution in [0.2, 0.25) is 5.02 Å². The van der Waals surface area contributed by atoms with E-state index in [4.69, 9.17) is 16.0 Å². The van der Waals surface area contributed by atoms with Crippen LogP contribution < -0.4 is 5.32 Å². The number of urea groups is 1. The number of carbonyl (C=O) groups is 2. The first-order valence-corrected chi connectivity index (χ1v) is 10.7. The predicted octanol–water partition coefficient (Wildman–Crippen LogP) is 5.55. The lowest BCUT2D eigenvalue weighted by molar-refractivity contribution is -0.133. The molecule has 0 saturated heterocycles. The number of carbonyl (C=O) groups excluding carboxylic acids is 2. The zero-order chi connectivity index (χ0) is 22.9. The number of nitrogens with zero attached hydrogens (tertiary/aromatic N) is 2. The lowest BCUT2D eigenvalue weighted by atomic mass is 10.2. The van der Waals surface area contributed by atoms with Crippen LogP contribution in [-0.4, -0.2) is 34.8 Å². The lowest BCUT2D eigenvalue weighted by Crippen LogP contribution is -2.44. The molecule has 0 aliphatic heterocycles. The molecule has 2 aromatic carbocycles. The van der Waals surface area contributed by atoms with Crippen molar-refractivity contribution in [2.24, 2.45) is 0 Å². The van der Waals surface area contributed by atoms with E-state index in [1.54, 1.807) is 23.3 Å². The van der Waals surface area contributed by atoms with Gasteiger partial charge in [-0.2, -0.15) is 0 Å². The molecule has 0 aliphatic carbocycles. The van der Waals surface area contributed by atoms with Gasteiger partial charge in [0.1, 0.15) is 18.1 Å². The smallest absolute Gasteiger partial charge is 0.322 e. The standard InChI is InChI=1S/C24H25ClFN3O3/c1-2-12-28(24(31)27-19-10-11-22(26)21(25)14-19)17-23(30)29(16-20-9-6-13-32-20)15-18-7-4-3-5-8-18/h3-11,13-14H,2,12,15-17H2,1H3,(H,27,31). The van der Waals surface area contributed by atoms with Gasteiger partial charge in [-0.3, -0.25) is 4.79 Å². The second kappa shape index (κ2) is 11.3. The van der Waals surface area contributed by atoms with Crippen molar-refractivity contribution in [3.05, 3.63) is 89.1 Å². The van der Waals surface area contributed by atoms with Crippen LogP contribution in [0.4, 0.5) is 14.9 Å². The molecule has 3 aromatic rings. The first kappa shape index (κ1) is 23.3. The Morgan fingerprint density at radius 3 is 2.47 bits per heavy atom. The highest BCUT2D eigenvalue weighted by Crippen LogP contribution is 2.20. The molecule has 1 aromatic heterocycles. The number of furan rings is 1. The van der Waals surface area contributed by atoms with Crippen LogP contribution in [0.15, 0.2) is 71.3 Å². The average Bonchev–Trinajstić information content (AvgIpc) is 3.29. The Morgan fingerprint density at radius 1 is 1.03 bits per heavy atom. The number of benzene rings is 2. The Balaban J connectivity index is 1.72. The molecule has 1 heterocycles. The van der Waals surface area contributed by atoms with Crippen molar-refractivity contribution in [3.8, 4) is 0 Å². The van der Waals surface area contributed by atoms with Crippen molar-refractivity contribution in [1.82, 2.24) is 9.80 Å². The van der Waals surface area contributed by atoms with E-state index in [2.05, 4.69) is 5.32 Å². The minimum Gasteiger partial charge on any atom is -0.467 e. The van der Waals surface area contributed by atoms with E-state index < -0.39 is 11.8 Å². The minimum atomic E-state index is -0.570. The number of rotatable bonds is 9. The molecule has 0 saturated carbocycles. The number of nitrogens with one attached hydrogen (secondary N) is 1. The number of hydrogen-bond donors (Lipinski definition) is 1. The third-order valence-electron chi connectivity index (χ3n) is 4.77. The highest BCUT2D eigenvalue weighted by molar-refractivity contribution is 6.31. The largest absolute Gasteiger partial charge is 0.467 e. The molecule has 0 radical (unpaired) electrons. The van der Waals surface area contributed by atoms with Gasteiger partial charge in [-0.1, -0.05) is 48.9 Å². The Morgan fingerprint density at radius 2 is 1.81 bits per heavy atom. The molecular formula is C24H25ClFN3O3. The number of halogens is 2. The molecule has 1 N–H and O–H groups in total. The monoisotopic (exact) mass is 457 g/mol. The summed E-state index contributed by atoms with van der Waals surface area (Å²) >= 11 is 5.80. The molecule has 0 aliphatic rings. The minimum absolute atomic E-state index is 0.0894. The highest BCUT2D eigenvalue weighted by atomic mass is 35.5. The third kappa shape index (κ3) is 6.59. The van der Waals surface area contributed by atoms with Gasteiger partial charge in [0.2, 0.25) is 5.91 Å². The number of amides is 3. The molecule has 3 rings (SSSR count). The van der Waals surface area contributed by atoms with Crippen molar-refractivity contribution in [2.45, 2.75) is 26.4 Å². The number of hydrogen-bond acceptors (Lipinski definition) is 3. The van der Waals surface area contributed by atoms with Crippen LogP contribution in [0.1, 0.15) is 24.7 Å². The van der Waals surface area contributed by atoms with E-state index >= 15 is 0 Å². The maximum Gasteiger partial charge on any atom is 0.322 e. The van der Waals surface area contributed by atoms with Gasteiger partial charge in [0.05, 0.1) is 17.8 Å². The second-order valence-electron chi connectivity index (χ2n) is 7.30. The van der Waals surface area contributed by atoms with Crippen LogP contribution in [0.5, 0.6) is 0 Å². The molecule has 0 spiro atoms. The van der Waals surface area contributed by atoms with Gasteiger partial charge in [0.15, 0.2) is 0 Å². The van der Waals surface area contributed by atoms with Crippen molar-refractivity contribution >= 4 is 29.2 Å². The summed E-state index contributed by atoms with van der Waals surface area (Å²) in [6.07, 6.45) is 2.23. The van der Waals surface area contributed by atoms with Gasteiger partial charge in [-0.05, 0) is 42.3 Å². The van der Waals surface area contributed by atoms with Crippen LogP contribution in [0.3, 0.4) is 0 Å². The summed E-state index contributed by atoms with van der Waals surface area (Å²) < 4.78 is 18.8. The van der Waals surface area contributed by atoms with Crippen molar-refractivity contribution in [3.63, 3.8) is 0 Å². The van der Waals surface area contributed by atoms with E-state index in [1.807, 2.05) is 37.3 Å². The van der Waals surface area contributed by atoms with Crippen molar-refractivity contribution < 1.29 is 18.4 Å². The van der Waals surface area contributed by atoms with E-state index in [9.17, 15) is 14.0 Å². The zero-order valence-electron chi connectivity index (χ0n) is 17.8. The summed E-state index contributed by atoms with van der Waals surface area (Å²) in [5.41, 5.74) is 1.33. The predicted molar refractivity (Wildman–Crippen MR) is 122 cm³/mol. The van der Waals surface area contributed by atoms with Gasteiger partial charge in [-0.25, -0.2) is 9.18 Å². The summed E-state index contributed by atoms with van der Waals surface area (Å²) in [6, 6.07) is 16.7. The molecule has 0 bridgehead atoms. The maximum atomic E-state index is 13.4. The normalized spacial score (nSPS) is 10.6. The first-order chi connectivity index (χ1) is 15.5.